The number of benzene rings is 1. The number of hydrogen-bond acceptors (Lipinski definition) is 4. The number of rotatable bonds is 3. The van der Waals surface area contributed by atoms with Crippen LogP contribution < -0.4 is 10.5 Å². The molecule has 0 radical (unpaired) electrons. The summed E-state index contributed by atoms with van der Waals surface area (Å²) in [5, 5.41) is 4.51. The van der Waals surface area contributed by atoms with Gasteiger partial charge in [0, 0.05) is 7.05 Å². The Morgan fingerprint density at radius 3 is 2.76 bits per heavy atom. The minimum absolute atomic E-state index is 0.441. The Hall–Kier alpha value is -2.50. The van der Waals surface area contributed by atoms with Gasteiger partial charge in [0.1, 0.15) is 11.3 Å². The Bertz CT molecular complexity index is 815. The second kappa shape index (κ2) is 4.80. The largest absolute Gasteiger partial charge is 0.495 e. The lowest BCUT2D eigenvalue weighted by atomic mass is 10.2. The van der Waals surface area contributed by atoms with Crippen LogP contribution in [0.2, 0.25) is 0 Å². The van der Waals surface area contributed by atoms with Gasteiger partial charge in [0.2, 0.25) is 5.95 Å². The van der Waals surface area contributed by atoms with Gasteiger partial charge >= 0.3 is 0 Å². The van der Waals surface area contributed by atoms with Gasteiger partial charge in [-0.15, -0.1) is 0 Å². The van der Waals surface area contributed by atoms with Gasteiger partial charge in [-0.3, -0.25) is 4.57 Å². The molecule has 0 bridgehead atoms. The predicted molar refractivity (Wildman–Crippen MR) is 82.9 cm³/mol. The number of imidazole rings is 1. The monoisotopic (exact) mass is 285 g/mol. The molecule has 21 heavy (non-hydrogen) atoms. The van der Waals surface area contributed by atoms with E-state index in [1.54, 1.807) is 7.11 Å². The van der Waals surface area contributed by atoms with Crippen LogP contribution in [0.5, 0.6) is 5.75 Å². The van der Waals surface area contributed by atoms with E-state index in [2.05, 4.69) is 17.0 Å². The highest BCUT2D eigenvalue weighted by molar-refractivity contribution is 5.81. The summed E-state index contributed by atoms with van der Waals surface area (Å²) in [6.45, 7) is 4.10. The van der Waals surface area contributed by atoms with Gasteiger partial charge in [-0.1, -0.05) is 13.0 Å². The Balaban J connectivity index is 2.37. The molecule has 0 amide bonds. The minimum Gasteiger partial charge on any atom is -0.495 e. The summed E-state index contributed by atoms with van der Waals surface area (Å²) in [6, 6.07) is 5.98. The molecule has 0 saturated carbocycles. The maximum Gasteiger partial charge on any atom is 0.207 e. The molecule has 3 rings (SSSR count). The fraction of sp³-hybridized carbons (Fsp3) is 0.333. The highest BCUT2D eigenvalue weighted by atomic mass is 16.5. The number of hydrogen-bond donors (Lipinski definition) is 1. The van der Waals surface area contributed by atoms with Gasteiger partial charge < -0.3 is 10.5 Å². The van der Waals surface area contributed by atoms with Crippen LogP contribution in [-0.2, 0) is 13.5 Å². The average Bonchev–Trinajstić information content (AvgIpc) is 2.95. The molecule has 0 atom stereocenters. The van der Waals surface area contributed by atoms with E-state index >= 15 is 0 Å². The summed E-state index contributed by atoms with van der Waals surface area (Å²) in [5.41, 5.74) is 10.8. The molecular weight excluding hydrogens is 266 g/mol. The van der Waals surface area contributed by atoms with Gasteiger partial charge in [0.25, 0.3) is 0 Å². The third-order valence-corrected chi connectivity index (χ3v) is 3.64. The van der Waals surface area contributed by atoms with Crippen molar-refractivity contribution in [3.63, 3.8) is 0 Å². The standard InChI is InChI=1S/C15H19N5O/c1-5-10-13-14(19(3)18-10)20(15(16)17-13)11-8-9(2)6-7-12(11)21-4/h6-8H,5H2,1-4H3,(H2,16,17). The van der Waals surface area contributed by atoms with Crippen molar-refractivity contribution in [3.8, 4) is 11.4 Å². The topological polar surface area (TPSA) is 70.9 Å². The molecule has 0 spiro atoms. The maximum atomic E-state index is 6.15. The minimum atomic E-state index is 0.441. The third kappa shape index (κ3) is 1.94. The lowest BCUT2D eigenvalue weighted by Gasteiger charge is -2.12. The first-order chi connectivity index (χ1) is 10.1. The molecule has 6 heteroatoms. The first-order valence-corrected chi connectivity index (χ1v) is 6.91. The molecule has 0 aliphatic rings. The van der Waals surface area contributed by atoms with Crippen LogP contribution in [0.1, 0.15) is 18.2 Å². The summed E-state index contributed by atoms with van der Waals surface area (Å²) in [7, 11) is 3.56. The van der Waals surface area contributed by atoms with Crippen LogP contribution in [0.25, 0.3) is 16.9 Å². The highest BCUT2D eigenvalue weighted by Gasteiger charge is 2.20. The second-order valence-electron chi connectivity index (χ2n) is 5.08. The van der Waals surface area contributed by atoms with E-state index in [0.717, 1.165) is 40.3 Å². The van der Waals surface area contributed by atoms with Crippen molar-refractivity contribution >= 4 is 17.1 Å². The summed E-state index contributed by atoms with van der Waals surface area (Å²) in [5.74, 6) is 1.20. The number of anilines is 1. The predicted octanol–water partition coefficient (Wildman–Crippen LogP) is 2.22. The van der Waals surface area contributed by atoms with E-state index in [0.29, 0.717) is 5.95 Å². The number of nitrogen functional groups attached to an aromatic ring is 1. The Morgan fingerprint density at radius 2 is 2.10 bits per heavy atom. The second-order valence-corrected chi connectivity index (χ2v) is 5.08. The number of aryl methyl sites for hydroxylation is 3. The molecular formula is C15H19N5O. The van der Waals surface area contributed by atoms with Gasteiger partial charge in [-0.05, 0) is 31.0 Å². The fourth-order valence-electron chi connectivity index (χ4n) is 2.65. The number of nitrogens with two attached hydrogens (primary N) is 1. The zero-order chi connectivity index (χ0) is 15.1. The summed E-state index contributed by atoms with van der Waals surface area (Å²) >= 11 is 0. The van der Waals surface area contributed by atoms with Crippen LogP contribution >= 0.6 is 0 Å². The van der Waals surface area contributed by atoms with Crippen LogP contribution in [0.3, 0.4) is 0 Å². The molecule has 1 aromatic carbocycles. The molecule has 2 N–H and O–H groups in total. The van der Waals surface area contributed by atoms with E-state index in [1.165, 1.54) is 0 Å². The summed E-state index contributed by atoms with van der Waals surface area (Å²) in [4.78, 5) is 4.49. The lowest BCUT2D eigenvalue weighted by molar-refractivity contribution is 0.413. The van der Waals surface area contributed by atoms with Crippen molar-refractivity contribution in [1.82, 2.24) is 19.3 Å². The third-order valence-electron chi connectivity index (χ3n) is 3.64. The van der Waals surface area contributed by atoms with Crippen molar-refractivity contribution in [3.05, 3.63) is 29.5 Å². The number of fused-ring (bicyclic) bond motifs is 1. The van der Waals surface area contributed by atoms with Crippen LogP contribution in [0.4, 0.5) is 5.95 Å². The SMILES string of the molecule is CCc1nn(C)c2c1nc(N)n2-c1cc(C)ccc1OC. The molecule has 0 fully saturated rings. The number of aromatic nitrogens is 4. The van der Waals surface area contributed by atoms with Gasteiger partial charge in [-0.25, -0.2) is 9.67 Å². The van der Waals surface area contributed by atoms with E-state index in [9.17, 15) is 0 Å². The zero-order valence-corrected chi connectivity index (χ0v) is 12.7. The van der Waals surface area contributed by atoms with Crippen LogP contribution in [0.15, 0.2) is 18.2 Å². The molecule has 6 nitrogen and oxygen atoms in total. The van der Waals surface area contributed by atoms with Crippen molar-refractivity contribution < 1.29 is 4.74 Å². The molecule has 0 unspecified atom stereocenters. The van der Waals surface area contributed by atoms with Gasteiger partial charge in [0.15, 0.2) is 5.65 Å². The molecule has 110 valence electrons. The van der Waals surface area contributed by atoms with Crippen molar-refractivity contribution in [2.45, 2.75) is 20.3 Å². The number of methoxy groups -OCH3 is 1. The smallest absolute Gasteiger partial charge is 0.207 e. The van der Waals surface area contributed by atoms with Crippen LogP contribution in [-0.4, -0.2) is 26.4 Å². The molecule has 2 aromatic heterocycles. The van der Waals surface area contributed by atoms with Gasteiger partial charge in [0.05, 0.1) is 18.5 Å². The van der Waals surface area contributed by atoms with E-state index < -0.39 is 0 Å². The van der Waals surface area contributed by atoms with Crippen molar-refractivity contribution in [1.29, 1.82) is 0 Å². The van der Waals surface area contributed by atoms with E-state index in [1.807, 2.05) is 41.4 Å². The quantitative estimate of drug-likeness (QED) is 0.801. The van der Waals surface area contributed by atoms with Crippen molar-refractivity contribution in [2.75, 3.05) is 12.8 Å². The molecule has 0 aliphatic heterocycles. The summed E-state index contributed by atoms with van der Waals surface area (Å²) in [6.07, 6.45) is 0.818. The normalized spacial score (nSPS) is 11.2. The lowest BCUT2D eigenvalue weighted by Crippen LogP contribution is -2.06. The molecule has 0 aliphatic carbocycles. The van der Waals surface area contributed by atoms with E-state index in [-0.39, 0.29) is 0 Å². The zero-order valence-electron chi connectivity index (χ0n) is 12.7. The first-order valence-electron chi connectivity index (χ1n) is 6.91. The summed E-state index contributed by atoms with van der Waals surface area (Å²) < 4.78 is 9.18. The van der Waals surface area contributed by atoms with Gasteiger partial charge in [-0.2, -0.15) is 5.10 Å². The molecule has 2 heterocycles. The fourth-order valence-corrected chi connectivity index (χ4v) is 2.65. The maximum absolute atomic E-state index is 6.15. The Morgan fingerprint density at radius 1 is 1.33 bits per heavy atom. The molecule has 3 aromatic rings. The number of ether oxygens (including phenoxy) is 1. The highest BCUT2D eigenvalue weighted by Crippen LogP contribution is 2.31. The number of nitrogens with zero attached hydrogens (tertiary/aromatic N) is 4. The molecule has 0 saturated heterocycles. The van der Waals surface area contributed by atoms with Crippen LogP contribution in [0, 0.1) is 6.92 Å². The first kappa shape index (κ1) is 13.5. The average molecular weight is 285 g/mol. The van der Waals surface area contributed by atoms with E-state index in [4.69, 9.17) is 10.5 Å². The Labute approximate surface area is 123 Å². The Kier molecular flexibility index (Phi) is 3.08. The van der Waals surface area contributed by atoms with Crippen molar-refractivity contribution in [2.24, 2.45) is 7.05 Å².